The Kier molecular flexibility index (Phi) is 6.74. The monoisotopic (exact) mass is 424 g/mol. The standard InChI is InChI=1S/C23H24N2O4S/c1-3-29-21-13-9-20(10-14-21)25-30(27,28)22-15-11-19(12-16-22)24-23(26)17(2)18-7-5-4-6-8-18/h4-17,25H,3H2,1-2H3,(H,24,26)/t17-/m1/s1. The average Bonchev–Trinajstić information content (AvgIpc) is 2.75. The molecular formula is C23H24N2O4S. The van der Waals surface area contributed by atoms with E-state index in [9.17, 15) is 13.2 Å². The van der Waals surface area contributed by atoms with E-state index in [1.807, 2.05) is 44.2 Å². The van der Waals surface area contributed by atoms with Gasteiger partial charge in [0, 0.05) is 11.4 Å². The predicted molar refractivity (Wildman–Crippen MR) is 118 cm³/mol. The van der Waals surface area contributed by atoms with Crippen molar-refractivity contribution in [3.05, 3.63) is 84.4 Å². The molecule has 7 heteroatoms. The van der Waals surface area contributed by atoms with Crippen LogP contribution >= 0.6 is 0 Å². The van der Waals surface area contributed by atoms with Crippen molar-refractivity contribution in [2.45, 2.75) is 24.7 Å². The molecule has 0 heterocycles. The van der Waals surface area contributed by atoms with Gasteiger partial charge in [-0.15, -0.1) is 0 Å². The minimum atomic E-state index is -3.75. The maximum Gasteiger partial charge on any atom is 0.261 e. The molecule has 0 radical (unpaired) electrons. The summed E-state index contributed by atoms with van der Waals surface area (Å²) in [7, 11) is -3.75. The van der Waals surface area contributed by atoms with Gasteiger partial charge >= 0.3 is 0 Å². The molecule has 0 saturated heterocycles. The van der Waals surface area contributed by atoms with E-state index in [0.29, 0.717) is 23.7 Å². The smallest absolute Gasteiger partial charge is 0.261 e. The fourth-order valence-electron chi connectivity index (χ4n) is 2.86. The van der Waals surface area contributed by atoms with Gasteiger partial charge < -0.3 is 10.1 Å². The molecule has 3 rings (SSSR count). The normalized spacial score (nSPS) is 12.1. The number of hydrogen-bond acceptors (Lipinski definition) is 4. The zero-order valence-electron chi connectivity index (χ0n) is 16.8. The Bertz CT molecular complexity index is 1080. The van der Waals surface area contributed by atoms with Gasteiger partial charge in [-0.05, 0) is 67.9 Å². The van der Waals surface area contributed by atoms with Crippen molar-refractivity contribution in [2.75, 3.05) is 16.6 Å². The van der Waals surface area contributed by atoms with E-state index in [1.54, 1.807) is 36.4 Å². The van der Waals surface area contributed by atoms with Crippen molar-refractivity contribution in [2.24, 2.45) is 0 Å². The Morgan fingerprint density at radius 1 is 0.900 bits per heavy atom. The fourth-order valence-corrected chi connectivity index (χ4v) is 3.92. The molecule has 0 aliphatic carbocycles. The van der Waals surface area contributed by atoms with Crippen molar-refractivity contribution in [3.8, 4) is 5.75 Å². The van der Waals surface area contributed by atoms with Crippen LogP contribution in [0.2, 0.25) is 0 Å². The molecule has 0 spiro atoms. The summed E-state index contributed by atoms with van der Waals surface area (Å²) in [6.07, 6.45) is 0. The van der Waals surface area contributed by atoms with E-state index in [4.69, 9.17) is 4.74 Å². The van der Waals surface area contributed by atoms with Gasteiger partial charge in [0.05, 0.1) is 17.4 Å². The minimum absolute atomic E-state index is 0.102. The summed E-state index contributed by atoms with van der Waals surface area (Å²) in [6.45, 7) is 4.24. The van der Waals surface area contributed by atoms with E-state index < -0.39 is 10.0 Å². The molecule has 1 amide bonds. The maximum absolute atomic E-state index is 12.6. The Morgan fingerprint density at radius 2 is 1.50 bits per heavy atom. The maximum atomic E-state index is 12.6. The van der Waals surface area contributed by atoms with Gasteiger partial charge in [0.2, 0.25) is 5.91 Å². The predicted octanol–water partition coefficient (Wildman–Crippen LogP) is 4.63. The average molecular weight is 425 g/mol. The molecular weight excluding hydrogens is 400 g/mol. The van der Waals surface area contributed by atoms with Crippen LogP contribution in [-0.2, 0) is 14.8 Å². The van der Waals surface area contributed by atoms with Crippen LogP contribution in [0.3, 0.4) is 0 Å². The number of sulfonamides is 1. The molecule has 3 aromatic carbocycles. The lowest BCUT2D eigenvalue weighted by Gasteiger charge is -2.13. The summed E-state index contributed by atoms with van der Waals surface area (Å²) in [5.74, 6) is 0.186. The van der Waals surface area contributed by atoms with Crippen molar-refractivity contribution >= 4 is 27.3 Å². The second-order valence-electron chi connectivity index (χ2n) is 6.71. The van der Waals surface area contributed by atoms with E-state index >= 15 is 0 Å². The highest BCUT2D eigenvalue weighted by Crippen LogP contribution is 2.22. The van der Waals surface area contributed by atoms with Crippen molar-refractivity contribution < 1.29 is 17.9 Å². The molecule has 0 aliphatic heterocycles. The number of nitrogens with one attached hydrogen (secondary N) is 2. The third-order valence-corrected chi connectivity index (χ3v) is 5.94. The van der Waals surface area contributed by atoms with Crippen LogP contribution in [-0.4, -0.2) is 20.9 Å². The summed E-state index contributed by atoms with van der Waals surface area (Å²) in [5.41, 5.74) is 1.88. The van der Waals surface area contributed by atoms with Crippen LogP contribution in [0.15, 0.2) is 83.8 Å². The summed E-state index contributed by atoms with van der Waals surface area (Å²) >= 11 is 0. The van der Waals surface area contributed by atoms with Gasteiger partial charge in [-0.3, -0.25) is 9.52 Å². The first-order valence-corrected chi connectivity index (χ1v) is 11.1. The second kappa shape index (κ2) is 9.45. The summed E-state index contributed by atoms with van der Waals surface area (Å²) in [4.78, 5) is 12.6. The highest BCUT2D eigenvalue weighted by molar-refractivity contribution is 7.92. The zero-order valence-corrected chi connectivity index (χ0v) is 17.6. The molecule has 1 atom stereocenters. The molecule has 0 aromatic heterocycles. The van der Waals surface area contributed by atoms with Crippen LogP contribution < -0.4 is 14.8 Å². The third kappa shape index (κ3) is 5.39. The molecule has 0 unspecified atom stereocenters. The molecule has 0 saturated carbocycles. The molecule has 3 aromatic rings. The number of carbonyl (C=O) groups excluding carboxylic acids is 1. The van der Waals surface area contributed by atoms with Crippen LogP contribution in [0.4, 0.5) is 11.4 Å². The number of benzene rings is 3. The number of hydrogen-bond donors (Lipinski definition) is 2. The molecule has 2 N–H and O–H groups in total. The van der Waals surface area contributed by atoms with Gasteiger partial charge in [-0.2, -0.15) is 0 Å². The van der Waals surface area contributed by atoms with Gasteiger partial charge in [0.15, 0.2) is 0 Å². The zero-order chi connectivity index (χ0) is 21.6. The highest BCUT2D eigenvalue weighted by Gasteiger charge is 2.17. The van der Waals surface area contributed by atoms with E-state index in [0.717, 1.165) is 5.56 Å². The first-order valence-electron chi connectivity index (χ1n) is 9.60. The molecule has 156 valence electrons. The number of anilines is 2. The van der Waals surface area contributed by atoms with Gasteiger partial charge in [0.1, 0.15) is 5.75 Å². The fraction of sp³-hybridized carbons (Fsp3) is 0.174. The first kappa shape index (κ1) is 21.4. The minimum Gasteiger partial charge on any atom is -0.494 e. The van der Waals surface area contributed by atoms with Crippen molar-refractivity contribution in [1.82, 2.24) is 0 Å². The summed E-state index contributed by atoms with van der Waals surface area (Å²) < 4.78 is 33.1. The van der Waals surface area contributed by atoms with Crippen molar-refractivity contribution in [1.29, 1.82) is 0 Å². The van der Waals surface area contributed by atoms with Crippen LogP contribution in [0.1, 0.15) is 25.3 Å². The lowest BCUT2D eigenvalue weighted by molar-refractivity contribution is -0.117. The number of amides is 1. The van der Waals surface area contributed by atoms with Gasteiger partial charge in [0.25, 0.3) is 10.0 Å². The lowest BCUT2D eigenvalue weighted by atomic mass is 10.0. The molecule has 0 bridgehead atoms. The van der Waals surface area contributed by atoms with E-state index in [1.165, 1.54) is 12.1 Å². The molecule has 0 fully saturated rings. The van der Waals surface area contributed by atoms with Gasteiger partial charge in [-0.1, -0.05) is 30.3 Å². The third-order valence-electron chi connectivity index (χ3n) is 4.54. The van der Waals surface area contributed by atoms with Crippen LogP contribution in [0.25, 0.3) is 0 Å². The SMILES string of the molecule is CCOc1ccc(NS(=O)(=O)c2ccc(NC(=O)[C@H](C)c3ccccc3)cc2)cc1. The van der Waals surface area contributed by atoms with E-state index in [2.05, 4.69) is 10.0 Å². The number of ether oxygens (including phenoxy) is 1. The second-order valence-corrected chi connectivity index (χ2v) is 8.39. The Labute approximate surface area is 177 Å². The molecule has 6 nitrogen and oxygen atoms in total. The van der Waals surface area contributed by atoms with Gasteiger partial charge in [-0.25, -0.2) is 8.42 Å². The van der Waals surface area contributed by atoms with E-state index in [-0.39, 0.29) is 16.7 Å². The number of rotatable bonds is 8. The summed E-state index contributed by atoms with van der Waals surface area (Å²) in [6, 6.07) is 22.2. The highest BCUT2D eigenvalue weighted by atomic mass is 32.2. The lowest BCUT2D eigenvalue weighted by Crippen LogP contribution is -2.19. The topological polar surface area (TPSA) is 84.5 Å². The quantitative estimate of drug-likeness (QED) is 0.552. The van der Waals surface area contributed by atoms with Crippen LogP contribution in [0, 0.1) is 0 Å². The number of carbonyl (C=O) groups is 1. The summed E-state index contributed by atoms with van der Waals surface area (Å²) in [5, 5.41) is 2.82. The van der Waals surface area contributed by atoms with Crippen molar-refractivity contribution in [3.63, 3.8) is 0 Å². The largest absolute Gasteiger partial charge is 0.494 e. The molecule has 30 heavy (non-hydrogen) atoms. The Balaban J connectivity index is 1.66. The Morgan fingerprint density at radius 3 is 2.10 bits per heavy atom. The molecule has 0 aliphatic rings. The Hall–Kier alpha value is -3.32. The first-order chi connectivity index (χ1) is 14.4. The van der Waals surface area contributed by atoms with Crippen LogP contribution in [0.5, 0.6) is 5.75 Å².